The normalized spacial score (nSPS) is 15.3. The molecule has 1 unspecified atom stereocenters. The Kier molecular flexibility index (Phi) is 5.62. The molecule has 3 aromatic rings. The highest BCUT2D eigenvalue weighted by Crippen LogP contribution is 2.31. The predicted octanol–water partition coefficient (Wildman–Crippen LogP) is 3.37. The Morgan fingerprint density at radius 2 is 1.86 bits per heavy atom. The molecule has 1 aliphatic rings. The van der Waals surface area contributed by atoms with Crippen molar-refractivity contribution in [2.45, 2.75) is 18.9 Å². The number of benzene rings is 2. The summed E-state index contributed by atoms with van der Waals surface area (Å²) >= 11 is 0. The van der Waals surface area contributed by atoms with Crippen molar-refractivity contribution in [1.29, 1.82) is 0 Å². The third kappa shape index (κ3) is 4.03. The Morgan fingerprint density at radius 3 is 2.66 bits per heavy atom. The average molecular weight is 392 g/mol. The van der Waals surface area contributed by atoms with Gasteiger partial charge in [-0.1, -0.05) is 36.4 Å². The number of para-hydroxylation sites is 2. The van der Waals surface area contributed by atoms with Gasteiger partial charge in [-0.15, -0.1) is 0 Å². The minimum Gasteiger partial charge on any atom is -0.496 e. The monoisotopic (exact) mass is 392 g/mol. The van der Waals surface area contributed by atoms with Crippen molar-refractivity contribution in [1.82, 2.24) is 10.2 Å². The molecule has 29 heavy (non-hydrogen) atoms. The molecule has 4 rings (SSSR count). The molecule has 1 aromatic heterocycles. The maximum absolute atomic E-state index is 12.8. The maximum atomic E-state index is 12.8. The highest BCUT2D eigenvalue weighted by atomic mass is 16.5. The number of methoxy groups -OCH3 is 1. The Hall–Kier alpha value is -3.12. The van der Waals surface area contributed by atoms with E-state index in [0.29, 0.717) is 12.1 Å². The van der Waals surface area contributed by atoms with E-state index in [2.05, 4.69) is 10.2 Å². The molecule has 0 radical (unpaired) electrons. The number of amides is 1. The third-order valence-electron chi connectivity index (χ3n) is 5.42. The first-order valence-electron chi connectivity index (χ1n) is 9.85. The molecule has 6 heteroatoms. The molecule has 0 aliphatic carbocycles. The molecule has 0 bridgehead atoms. The SMILES string of the molecule is COc1ccccc1C(CNC(=O)c1cc2ccccc2oc1=O)N1CCCC1. The summed E-state index contributed by atoms with van der Waals surface area (Å²) in [6.45, 7) is 2.32. The largest absolute Gasteiger partial charge is 0.496 e. The molecule has 1 aliphatic heterocycles. The second-order valence-electron chi connectivity index (χ2n) is 7.20. The van der Waals surface area contributed by atoms with E-state index in [1.165, 1.54) is 0 Å². The zero-order valence-corrected chi connectivity index (χ0v) is 16.4. The summed E-state index contributed by atoms with van der Waals surface area (Å²) in [5.74, 6) is 0.368. The van der Waals surface area contributed by atoms with Crippen molar-refractivity contribution in [2.75, 3.05) is 26.7 Å². The van der Waals surface area contributed by atoms with Crippen molar-refractivity contribution in [3.8, 4) is 5.75 Å². The number of hydrogen-bond acceptors (Lipinski definition) is 5. The lowest BCUT2D eigenvalue weighted by molar-refractivity contribution is 0.0934. The smallest absolute Gasteiger partial charge is 0.349 e. The number of fused-ring (bicyclic) bond motifs is 1. The lowest BCUT2D eigenvalue weighted by atomic mass is 10.0. The maximum Gasteiger partial charge on any atom is 0.349 e. The molecule has 0 saturated carbocycles. The van der Waals surface area contributed by atoms with Gasteiger partial charge in [0.1, 0.15) is 16.9 Å². The van der Waals surface area contributed by atoms with Crippen molar-refractivity contribution >= 4 is 16.9 Å². The van der Waals surface area contributed by atoms with Gasteiger partial charge in [-0.2, -0.15) is 0 Å². The minimum absolute atomic E-state index is 0.0175. The van der Waals surface area contributed by atoms with Gasteiger partial charge in [0.25, 0.3) is 5.91 Å². The van der Waals surface area contributed by atoms with E-state index in [9.17, 15) is 9.59 Å². The quantitative estimate of drug-likeness (QED) is 0.651. The number of carbonyl (C=O) groups excluding carboxylic acids is 1. The molecule has 1 N–H and O–H groups in total. The summed E-state index contributed by atoms with van der Waals surface area (Å²) in [5, 5.41) is 3.66. The van der Waals surface area contributed by atoms with Crippen LogP contribution in [0.4, 0.5) is 0 Å². The van der Waals surface area contributed by atoms with E-state index in [0.717, 1.165) is 42.6 Å². The topological polar surface area (TPSA) is 71.8 Å². The van der Waals surface area contributed by atoms with Crippen LogP contribution in [0.1, 0.15) is 34.8 Å². The van der Waals surface area contributed by atoms with Gasteiger partial charge >= 0.3 is 5.63 Å². The van der Waals surface area contributed by atoms with Gasteiger partial charge in [0.15, 0.2) is 0 Å². The second kappa shape index (κ2) is 8.49. The lowest BCUT2D eigenvalue weighted by Crippen LogP contribution is -2.38. The van der Waals surface area contributed by atoms with E-state index >= 15 is 0 Å². The summed E-state index contributed by atoms with van der Waals surface area (Å²) in [5.41, 5.74) is 0.890. The number of nitrogens with one attached hydrogen (secondary N) is 1. The standard InChI is InChI=1S/C23H24N2O4/c1-28-21-11-5-3-9-17(21)19(25-12-6-7-13-25)15-24-22(26)18-14-16-8-2-4-10-20(16)29-23(18)27/h2-5,8-11,14,19H,6-7,12-13,15H2,1H3,(H,24,26). The predicted molar refractivity (Wildman–Crippen MR) is 111 cm³/mol. The molecule has 2 aromatic carbocycles. The summed E-state index contributed by atoms with van der Waals surface area (Å²) in [6, 6.07) is 16.6. The Balaban J connectivity index is 1.58. The number of nitrogens with zero attached hydrogens (tertiary/aromatic N) is 1. The molecule has 150 valence electrons. The summed E-state index contributed by atoms with van der Waals surface area (Å²) in [7, 11) is 1.65. The van der Waals surface area contributed by atoms with Crippen LogP contribution in [0.3, 0.4) is 0 Å². The van der Waals surface area contributed by atoms with Crippen LogP contribution in [0, 0.1) is 0 Å². The zero-order valence-electron chi connectivity index (χ0n) is 16.4. The Morgan fingerprint density at radius 1 is 1.14 bits per heavy atom. The molecular formula is C23H24N2O4. The first kappa shape index (κ1) is 19.2. The number of carbonyl (C=O) groups is 1. The van der Waals surface area contributed by atoms with E-state index in [-0.39, 0.29) is 11.6 Å². The first-order chi connectivity index (χ1) is 14.2. The van der Waals surface area contributed by atoms with Gasteiger partial charge in [-0.25, -0.2) is 4.79 Å². The Labute approximate surface area is 169 Å². The highest BCUT2D eigenvalue weighted by molar-refractivity contribution is 5.96. The average Bonchev–Trinajstić information content (AvgIpc) is 3.28. The van der Waals surface area contributed by atoms with Gasteiger partial charge in [-0.05, 0) is 44.1 Å². The van der Waals surface area contributed by atoms with Crippen LogP contribution in [-0.2, 0) is 0 Å². The van der Waals surface area contributed by atoms with Crippen LogP contribution >= 0.6 is 0 Å². The molecule has 6 nitrogen and oxygen atoms in total. The molecular weight excluding hydrogens is 368 g/mol. The van der Waals surface area contributed by atoms with Crippen LogP contribution in [0.25, 0.3) is 11.0 Å². The molecule has 1 fully saturated rings. The fraction of sp³-hybridized carbons (Fsp3) is 0.304. The number of ether oxygens (including phenoxy) is 1. The number of likely N-dealkylation sites (tertiary alicyclic amines) is 1. The third-order valence-corrected chi connectivity index (χ3v) is 5.42. The molecule has 1 atom stereocenters. The van der Waals surface area contributed by atoms with Crippen LogP contribution in [0.2, 0.25) is 0 Å². The molecule has 1 saturated heterocycles. The van der Waals surface area contributed by atoms with Crippen molar-refractivity contribution < 1.29 is 13.9 Å². The minimum atomic E-state index is -0.629. The Bertz CT molecular complexity index is 1070. The van der Waals surface area contributed by atoms with Gasteiger partial charge in [-0.3, -0.25) is 9.69 Å². The summed E-state index contributed by atoms with van der Waals surface area (Å²) in [4.78, 5) is 27.4. The number of rotatable bonds is 6. The van der Waals surface area contributed by atoms with Crippen LogP contribution < -0.4 is 15.7 Å². The van der Waals surface area contributed by atoms with Gasteiger partial charge in [0, 0.05) is 17.5 Å². The lowest BCUT2D eigenvalue weighted by Gasteiger charge is -2.29. The van der Waals surface area contributed by atoms with E-state index < -0.39 is 11.5 Å². The van der Waals surface area contributed by atoms with Crippen molar-refractivity contribution in [3.05, 3.63) is 76.1 Å². The van der Waals surface area contributed by atoms with Gasteiger partial charge in [0.2, 0.25) is 0 Å². The molecule has 1 amide bonds. The molecule has 2 heterocycles. The van der Waals surface area contributed by atoms with Crippen molar-refractivity contribution in [3.63, 3.8) is 0 Å². The summed E-state index contributed by atoms with van der Waals surface area (Å²) < 4.78 is 10.8. The van der Waals surface area contributed by atoms with Crippen LogP contribution in [-0.4, -0.2) is 37.6 Å². The second-order valence-corrected chi connectivity index (χ2v) is 7.20. The highest BCUT2D eigenvalue weighted by Gasteiger charge is 2.27. The molecule has 0 spiro atoms. The van der Waals surface area contributed by atoms with Crippen LogP contribution in [0.5, 0.6) is 5.75 Å². The van der Waals surface area contributed by atoms with Crippen LogP contribution in [0.15, 0.2) is 63.8 Å². The fourth-order valence-electron chi connectivity index (χ4n) is 3.94. The fourth-order valence-corrected chi connectivity index (χ4v) is 3.94. The number of hydrogen-bond donors (Lipinski definition) is 1. The van der Waals surface area contributed by atoms with E-state index in [1.807, 2.05) is 36.4 Å². The van der Waals surface area contributed by atoms with Gasteiger partial charge in [0.05, 0.1) is 13.2 Å². The summed E-state index contributed by atoms with van der Waals surface area (Å²) in [6.07, 6.45) is 2.27. The first-order valence-corrected chi connectivity index (χ1v) is 9.85. The van der Waals surface area contributed by atoms with E-state index in [1.54, 1.807) is 25.3 Å². The van der Waals surface area contributed by atoms with Gasteiger partial charge < -0.3 is 14.5 Å². The van der Waals surface area contributed by atoms with Crippen molar-refractivity contribution in [2.24, 2.45) is 0 Å². The zero-order chi connectivity index (χ0) is 20.2. The van der Waals surface area contributed by atoms with E-state index in [4.69, 9.17) is 9.15 Å².